The number of nitrogens with one attached hydrogen (secondary N) is 1. The highest BCUT2D eigenvalue weighted by atomic mass is 35.5. The molecule has 22 heavy (non-hydrogen) atoms. The van der Waals surface area contributed by atoms with Crippen molar-refractivity contribution in [1.29, 1.82) is 0 Å². The molecular weight excluding hydrogens is 318 g/mol. The zero-order valence-corrected chi connectivity index (χ0v) is 13.2. The van der Waals surface area contributed by atoms with Crippen LogP contribution in [0.2, 0.25) is 5.02 Å². The fourth-order valence-corrected chi connectivity index (χ4v) is 3.49. The number of hydrogen-bond donors (Lipinski definition) is 2. The summed E-state index contributed by atoms with van der Waals surface area (Å²) in [7, 11) is 0. The Morgan fingerprint density at radius 2 is 2.05 bits per heavy atom. The number of aliphatic hydroxyl groups excluding tert-OH is 1. The average molecular weight is 332 g/mol. The van der Waals surface area contributed by atoms with Crippen LogP contribution in [-0.4, -0.2) is 17.6 Å². The second-order valence-electron chi connectivity index (χ2n) is 4.92. The number of amides is 1. The lowest BCUT2D eigenvalue weighted by Crippen LogP contribution is -2.28. The van der Waals surface area contributed by atoms with Crippen molar-refractivity contribution in [1.82, 2.24) is 5.32 Å². The molecular formula is C17H14ClNO2S. The summed E-state index contributed by atoms with van der Waals surface area (Å²) < 4.78 is 1.12. The third-order valence-corrected chi connectivity index (χ3v) is 4.63. The molecule has 1 unspecified atom stereocenters. The zero-order valence-electron chi connectivity index (χ0n) is 11.6. The quantitative estimate of drug-likeness (QED) is 0.758. The van der Waals surface area contributed by atoms with Gasteiger partial charge in [-0.25, -0.2) is 0 Å². The first-order chi connectivity index (χ1) is 10.6. The van der Waals surface area contributed by atoms with Gasteiger partial charge in [0.25, 0.3) is 5.91 Å². The van der Waals surface area contributed by atoms with Crippen molar-refractivity contribution in [2.45, 2.75) is 6.10 Å². The monoisotopic (exact) mass is 331 g/mol. The SMILES string of the molecule is O=C(NCC(O)c1csc2ccccc12)c1cccc(Cl)c1. The number of carbonyl (C=O) groups excluding carboxylic acids is 1. The number of thiophene rings is 1. The second-order valence-corrected chi connectivity index (χ2v) is 6.27. The van der Waals surface area contributed by atoms with Gasteiger partial charge >= 0.3 is 0 Å². The maximum absolute atomic E-state index is 12.1. The Hall–Kier alpha value is -1.88. The predicted molar refractivity (Wildman–Crippen MR) is 90.6 cm³/mol. The maximum Gasteiger partial charge on any atom is 0.251 e. The molecule has 0 fully saturated rings. The molecule has 2 N–H and O–H groups in total. The van der Waals surface area contributed by atoms with Gasteiger partial charge in [-0.3, -0.25) is 4.79 Å². The number of fused-ring (bicyclic) bond motifs is 1. The second kappa shape index (κ2) is 6.48. The van der Waals surface area contributed by atoms with E-state index in [2.05, 4.69) is 5.32 Å². The zero-order chi connectivity index (χ0) is 15.5. The van der Waals surface area contributed by atoms with Crippen LogP contribution in [0.1, 0.15) is 22.0 Å². The van der Waals surface area contributed by atoms with Crippen LogP contribution in [0, 0.1) is 0 Å². The van der Waals surface area contributed by atoms with Crippen molar-refractivity contribution in [3.05, 3.63) is 70.1 Å². The van der Waals surface area contributed by atoms with Gasteiger partial charge in [0.2, 0.25) is 0 Å². The first-order valence-electron chi connectivity index (χ1n) is 6.83. The Morgan fingerprint density at radius 1 is 1.23 bits per heavy atom. The third-order valence-electron chi connectivity index (χ3n) is 3.41. The van der Waals surface area contributed by atoms with Crippen LogP contribution in [0.15, 0.2) is 53.9 Å². The van der Waals surface area contributed by atoms with E-state index >= 15 is 0 Å². The van der Waals surface area contributed by atoms with E-state index < -0.39 is 6.10 Å². The van der Waals surface area contributed by atoms with Gasteiger partial charge in [-0.05, 0) is 35.0 Å². The molecule has 3 aromatic rings. The number of rotatable bonds is 4. The summed E-state index contributed by atoms with van der Waals surface area (Å²) in [5.41, 5.74) is 1.32. The minimum atomic E-state index is -0.737. The Kier molecular flexibility index (Phi) is 4.43. The molecule has 0 bridgehead atoms. The molecule has 1 aromatic heterocycles. The highest BCUT2D eigenvalue weighted by molar-refractivity contribution is 7.17. The molecule has 0 aliphatic carbocycles. The largest absolute Gasteiger partial charge is 0.387 e. The van der Waals surface area contributed by atoms with Crippen molar-refractivity contribution in [2.24, 2.45) is 0 Å². The molecule has 1 amide bonds. The lowest BCUT2D eigenvalue weighted by molar-refractivity contribution is 0.0917. The van der Waals surface area contributed by atoms with Crippen molar-refractivity contribution in [2.75, 3.05) is 6.54 Å². The van der Waals surface area contributed by atoms with E-state index in [4.69, 9.17) is 11.6 Å². The van der Waals surface area contributed by atoms with Crippen LogP contribution in [-0.2, 0) is 0 Å². The molecule has 0 saturated heterocycles. The van der Waals surface area contributed by atoms with Crippen LogP contribution in [0.5, 0.6) is 0 Å². The summed E-state index contributed by atoms with van der Waals surface area (Å²) in [6.45, 7) is 0.159. The number of carbonyl (C=O) groups is 1. The van der Waals surface area contributed by atoms with Gasteiger partial charge in [0.05, 0.1) is 6.10 Å². The van der Waals surface area contributed by atoms with Gasteiger partial charge in [-0.2, -0.15) is 0 Å². The summed E-state index contributed by atoms with van der Waals surface area (Å²) in [6.07, 6.45) is -0.737. The summed E-state index contributed by atoms with van der Waals surface area (Å²) in [4.78, 5) is 12.1. The number of benzene rings is 2. The van der Waals surface area contributed by atoms with E-state index in [1.807, 2.05) is 29.6 Å². The van der Waals surface area contributed by atoms with Crippen molar-refractivity contribution < 1.29 is 9.90 Å². The van der Waals surface area contributed by atoms with Gasteiger partial charge in [-0.1, -0.05) is 35.9 Å². The van der Waals surface area contributed by atoms with Crippen LogP contribution >= 0.6 is 22.9 Å². The van der Waals surface area contributed by atoms with E-state index in [1.165, 1.54) is 0 Å². The number of halogens is 1. The van der Waals surface area contributed by atoms with Gasteiger partial charge < -0.3 is 10.4 Å². The summed E-state index contributed by atoms with van der Waals surface area (Å²) in [5, 5.41) is 16.5. The predicted octanol–water partition coefficient (Wildman–Crippen LogP) is 4.02. The fraction of sp³-hybridized carbons (Fsp3) is 0.118. The Labute approximate surface area is 137 Å². The smallest absolute Gasteiger partial charge is 0.251 e. The van der Waals surface area contributed by atoms with Crippen molar-refractivity contribution in [3.8, 4) is 0 Å². The first kappa shape index (κ1) is 15.0. The number of aliphatic hydroxyl groups is 1. The molecule has 112 valence electrons. The van der Waals surface area contributed by atoms with Crippen LogP contribution in [0.25, 0.3) is 10.1 Å². The lowest BCUT2D eigenvalue weighted by Gasteiger charge is -2.11. The summed E-state index contributed by atoms with van der Waals surface area (Å²) >= 11 is 7.45. The summed E-state index contributed by atoms with van der Waals surface area (Å²) in [5.74, 6) is -0.249. The van der Waals surface area contributed by atoms with Crippen molar-refractivity contribution >= 4 is 38.9 Å². The number of hydrogen-bond acceptors (Lipinski definition) is 3. The lowest BCUT2D eigenvalue weighted by atomic mass is 10.1. The molecule has 5 heteroatoms. The fourth-order valence-electron chi connectivity index (χ4n) is 2.29. The standard InChI is InChI=1S/C17H14ClNO2S/c18-12-5-3-4-11(8-12)17(21)19-9-15(20)14-10-22-16-7-2-1-6-13(14)16/h1-8,10,15,20H,9H2,(H,19,21). The molecule has 0 radical (unpaired) electrons. The minimum absolute atomic E-state index is 0.159. The maximum atomic E-state index is 12.1. The van der Waals surface area contributed by atoms with E-state index in [0.717, 1.165) is 15.6 Å². The van der Waals surface area contributed by atoms with Gasteiger partial charge in [-0.15, -0.1) is 11.3 Å². The molecule has 2 aromatic carbocycles. The topological polar surface area (TPSA) is 49.3 Å². The minimum Gasteiger partial charge on any atom is -0.387 e. The van der Waals surface area contributed by atoms with Crippen molar-refractivity contribution in [3.63, 3.8) is 0 Å². The molecule has 0 saturated carbocycles. The third kappa shape index (κ3) is 3.14. The van der Waals surface area contributed by atoms with E-state index in [1.54, 1.807) is 35.6 Å². The Morgan fingerprint density at radius 3 is 2.86 bits per heavy atom. The molecule has 0 aliphatic rings. The Bertz CT molecular complexity index is 815. The van der Waals surface area contributed by atoms with Gasteiger partial charge in [0.15, 0.2) is 0 Å². The van der Waals surface area contributed by atoms with Crippen LogP contribution < -0.4 is 5.32 Å². The molecule has 3 rings (SSSR count). The van der Waals surface area contributed by atoms with Gasteiger partial charge in [0.1, 0.15) is 0 Å². The average Bonchev–Trinajstić information content (AvgIpc) is 2.96. The highest BCUT2D eigenvalue weighted by Crippen LogP contribution is 2.29. The van der Waals surface area contributed by atoms with Crippen LogP contribution in [0.3, 0.4) is 0 Å². The Balaban J connectivity index is 1.70. The van der Waals surface area contributed by atoms with Crippen LogP contribution in [0.4, 0.5) is 0 Å². The molecule has 0 spiro atoms. The molecule has 3 nitrogen and oxygen atoms in total. The normalized spacial score (nSPS) is 12.3. The highest BCUT2D eigenvalue weighted by Gasteiger charge is 2.14. The molecule has 0 aliphatic heterocycles. The molecule has 1 atom stereocenters. The van der Waals surface area contributed by atoms with E-state index in [0.29, 0.717) is 10.6 Å². The van der Waals surface area contributed by atoms with E-state index in [9.17, 15) is 9.90 Å². The van der Waals surface area contributed by atoms with Gasteiger partial charge in [0, 0.05) is 27.4 Å². The molecule has 1 heterocycles. The van der Waals surface area contributed by atoms with E-state index in [-0.39, 0.29) is 12.5 Å². The first-order valence-corrected chi connectivity index (χ1v) is 8.09. The summed E-state index contributed by atoms with van der Waals surface area (Å²) in [6, 6.07) is 14.6.